The molecule has 3 rings (SSSR count). The molecule has 1 fully saturated rings. The van der Waals surface area contributed by atoms with E-state index in [4.69, 9.17) is 4.52 Å². The molecule has 0 unspecified atom stereocenters. The average Bonchev–Trinajstić information content (AvgIpc) is 3.13. The van der Waals surface area contributed by atoms with Gasteiger partial charge in [-0.2, -0.15) is 4.98 Å². The molecular weight excluding hydrogens is 304 g/mol. The van der Waals surface area contributed by atoms with Gasteiger partial charge in [-0.3, -0.25) is 4.79 Å². The summed E-state index contributed by atoms with van der Waals surface area (Å²) < 4.78 is 5.09. The summed E-state index contributed by atoms with van der Waals surface area (Å²) in [6.07, 6.45) is 4.67. The van der Waals surface area contributed by atoms with E-state index >= 15 is 0 Å². The quantitative estimate of drug-likeness (QED) is 0.912. The lowest BCUT2D eigenvalue weighted by Crippen LogP contribution is -2.32. The molecule has 1 aromatic heterocycles. The maximum absolute atomic E-state index is 12.0. The molecule has 0 saturated carbocycles. The average molecular weight is 328 g/mol. The summed E-state index contributed by atoms with van der Waals surface area (Å²) in [7, 11) is 0. The van der Waals surface area contributed by atoms with Crippen molar-refractivity contribution in [3.05, 3.63) is 30.2 Å². The Kier molecular flexibility index (Phi) is 5.13. The van der Waals surface area contributed by atoms with E-state index in [0.717, 1.165) is 25.1 Å². The van der Waals surface area contributed by atoms with Crippen molar-refractivity contribution in [2.75, 3.05) is 18.0 Å². The summed E-state index contributed by atoms with van der Waals surface area (Å²) in [5.41, 5.74) is 2.07. The van der Waals surface area contributed by atoms with Crippen LogP contribution < -0.4 is 10.2 Å². The molecule has 2 aromatic rings. The predicted molar refractivity (Wildman–Crippen MR) is 93.0 cm³/mol. The molecule has 24 heavy (non-hydrogen) atoms. The number of hydrogen-bond donors (Lipinski definition) is 1. The van der Waals surface area contributed by atoms with Crippen LogP contribution in [0.25, 0.3) is 11.4 Å². The summed E-state index contributed by atoms with van der Waals surface area (Å²) >= 11 is 0. The number of nitrogens with zero attached hydrogens (tertiary/aromatic N) is 3. The third kappa shape index (κ3) is 3.75. The molecule has 0 spiro atoms. The topological polar surface area (TPSA) is 71.3 Å². The third-order valence-electron chi connectivity index (χ3n) is 4.46. The molecule has 6 heteroatoms. The number of hydrogen-bond acceptors (Lipinski definition) is 5. The summed E-state index contributed by atoms with van der Waals surface area (Å²) in [6, 6.07) is 8.19. The van der Waals surface area contributed by atoms with Crippen LogP contribution in [0.5, 0.6) is 0 Å². The van der Waals surface area contributed by atoms with E-state index in [1.54, 1.807) is 0 Å². The largest absolute Gasteiger partial charge is 0.372 e. The second kappa shape index (κ2) is 7.47. The van der Waals surface area contributed by atoms with Crippen molar-refractivity contribution in [1.29, 1.82) is 0 Å². The Bertz CT molecular complexity index is 675. The molecule has 1 aliphatic heterocycles. The smallest absolute Gasteiger partial charge is 0.316 e. The van der Waals surface area contributed by atoms with E-state index in [2.05, 4.69) is 32.5 Å². The minimum atomic E-state index is -0.326. The highest BCUT2D eigenvalue weighted by molar-refractivity contribution is 5.90. The van der Waals surface area contributed by atoms with Crippen molar-refractivity contribution in [2.45, 2.75) is 45.6 Å². The second-order valence-electron chi connectivity index (χ2n) is 6.30. The van der Waals surface area contributed by atoms with Gasteiger partial charge in [-0.25, -0.2) is 0 Å². The molecule has 6 nitrogen and oxygen atoms in total. The van der Waals surface area contributed by atoms with E-state index in [1.807, 2.05) is 26.0 Å². The van der Waals surface area contributed by atoms with Crippen LogP contribution in [0.3, 0.4) is 0 Å². The van der Waals surface area contributed by atoms with Crippen LogP contribution in [-0.2, 0) is 0 Å². The Morgan fingerprint density at radius 3 is 2.62 bits per heavy atom. The molecule has 1 amide bonds. The number of carbonyl (C=O) groups is 1. The Labute approximate surface area is 142 Å². The Morgan fingerprint density at radius 1 is 1.25 bits per heavy atom. The van der Waals surface area contributed by atoms with Crippen molar-refractivity contribution < 1.29 is 9.32 Å². The fourth-order valence-electron chi connectivity index (χ4n) is 2.79. The van der Waals surface area contributed by atoms with E-state index in [9.17, 15) is 4.79 Å². The molecule has 0 aliphatic carbocycles. The Balaban J connectivity index is 1.69. The van der Waals surface area contributed by atoms with Gasteiger partial charge in [0.2, 0.25) is 5.82 Å². The zero-order chi connectivity index (χ0) is 16.9. The molecule has 1 saturated heterocycles. The number of benzene rings is 1. The molecule has 1 aromatic carbocycles. The third-order valence-corrected chi connectivity index (χ3v) is 4.46. The van der Waals surface area contributed by atoms with Gasteiger partial charge in [0.05, 0.1) is 0 Å². The molecule has 1 atom stereocenters. The van der Waals surface area contributed by atoms with Crippen LogP contribution in [0.15, 0.2) is 28.8 Å². The molecule has 2 heterocycles. The first kappa shape index (κ1) is 16.5. The number of amides is 1. The highest BCUT2D eigenvalue weighted by Crippen LogP contribution is 2.23. The molecule has 128 valence electrons. The highest BCUT2D eigenvalue weighted by Gasteiger charge is 2.18. The minimum absolute atomic E-state index is 0.00501. The monoisotopic (exact) mass is 328 g/mol. The zero-order valence-corrected chi connectivity index (χ0v) is 14.3. The van der Waals surface area contributed by atoms with Crippen LogP contribution in [0, 0.1) is 0 Å². The second-order valence-corrected chi connectivity index (χ2v) is 6.30. The normalized spacial score (nSPS) is 16.0. The lowest BCUT2D eigenvalue weighted by molar-refractivity contribution is 0.0895. The molecule has 0 bridgehead atoms. The van der Waals surface area contributed by atoms with Crippen LogP contribution in [0.2, 0.25) is 0 Å². The number of carbonyl (C=O) groups excluding carboxylic acids is 1. The van der Waals surface area contributed by atoms with Gasteiger partial charge in [0.1, 0.15) is 0 Å². The SMILES string of the molecule is CC[C@H](C)NC(=O)c1nc(-c2ccc(N3CCCCC3)cc2)no1. The van der Waals surface area contributed by atoms with Crippen LogP contribution in [-0.4, -0.2) is 35.2 Å². The number of anilines is 1. The molecular formula is C18H24N4O2. The van der Waals surface area contributed by atoms with E-state index in [0.29, 0.717) is 5.82 Å². The molecule has 1 aliphatic rings. The van der Waals surface area contributed by atoms with Gasteiger partial charge in [-0.05, 0) is 56.9 Å². The summed E-state index contributed by atoms with van der Waals surface area (Å²) in [5.74, 6) is 0.118. The van der Waals surface area contributed by atoms with Gasteiger partial charge < -0.3 is 14.7 Å². The standard InChI is InChI=1S/C18H24N4O2/c1-3-13(2)19-17(23)18-20-16(21-24-18)14-7-9-15(10-8-14)22-11-5-4-6-12-22/h7-10,13H,3-6,11-12H2,1-2H3,(H,19,23)/t13-/m0/s1. The van der Waals surface area contributed by atoms with Crippen molar-refractivity contribution in [3.8, 4) is 11.4 Å². The molecule has 0 radical (unpaired) electrons. The first-order chi connectivity index (χ1) is 11.7. The summed E-state index contributed by atoms with van der Waals surface area (Å²) in [4.78, 5) is 18.6. The van der Waals surface area contributed by atoms with Crippen molar-refractivity contribution in [1.82, 2.24) is 15.5 Å². The number of piperidine rings is 1. The Morgan fingerprint density at radius 2 is 1.96 bits per heavy atom. The first-order valence-electron chi connectivity index (χ1n) is 8.67. The zero-order valence-electron chi connectivity index (χ0n) is 14.3. The van der Waals surface area contributed by atoms with Crippen LogP contribution in [0.1, 0.15) is 50.2 Å². The highest BCUT2D eigenvalue weighted by atomic mass is 16.5. The van der Waals surface area contributed by atoms with E-state index in [1.165, 1.54) is 24.9 Å². The lowest BCUT2D eigenvalue weighted by atomic mass is 10.1. The number of rotatable bonds is 5. The van der Waals surface area contributed by atoms with Gasteiger partial charge >= 0.3 is 11.8 Å². The summed E-state index contributed by atoms with van der Waals surface area (Å²) in [5, 5.41) is 6.74. The maximum Gasteiger partial charge on any atom is 0.316 e. The predicted octanol–water partition coefficient (Wildman–Crippen LogP) is 3.26. The van der Waals surface area contributed by atoms with Crippen LogP contribution >= 0.6 is 0 Å². The number of aromatic nitrogens is 2. The fourth-order valence-corrected chi connectivity index (χ4v) is 2.79. The van der Waals surface area contributed by atoms with Crippen molar-refractivity contribution >= 4 is 11.6 Å². The van der Waals surface area contributed by atoms with Crippen molar-refractivity contribution in [2.24, 2.45) is 0 Å². The van der Waals surface area contributed by atoms with Crippen molar-refractivity contribution in [3.63, 3.8) is 0 Å². The lowest BCUT2D eigenvalue weighted by Gasteiger charge is -2.28. The summed E-state index contributed by atoms with van der Waals surface area (Å²) in [6.45, 7) is 6.17. The number of nitrogens with one attached hydrogen (secondary N) is 1. The first-order valence-corrected chi connectivity index (χ1v) is 8.67. The Hall–Kier alpha value is -2.37. The van der Waals surface area contributed by atoms with Gasteiger partial charge in [-0.1, -0.05) is 12.1 Å². The van der Waals surface area contributed by atoms with E-state index < -0.39 is 0 Å². The van der Waals surface area contributed by atoms with Gasteiger partial charge in [0.25, 0.3) is 0 Å². The van der Waals surface area contributed by atoms with Gasteiger partial charge in [-0.15, -0.1) is 0 Å². The maximum atomic E-state index is 12.0. The molecule has 1 N–H and O–H groups in total. The van der Waals surface area contributed by atoms with Crippen LogP contribution in [0.4, 0.5) is 5.69 Å². The minimum Gasteiger partial charge on any atom is -0.372 e. The van der Waals surface area contributed by atoms with E-state index in [-0.39, 0.29) is 17.8 Å². The van der Waals surface area contributed by atoms with Gasteiger partial charge in [0, 0.05) is 30.4 Å². The fraction of sp³-hybridized carbons (Fsp3) is 0.500. The van der Waals surface area contributed by atoms with Gasteiger partial charge in [0.15, 0.2) is 0 Å².